The van der Waals surface area contributed by atoms with E-state index in [0.29, 0.717) is 55.6 Å². The number of benzene rings is 5. The van der Waals surface area contributed by atoms with E-state index in [9.17, 15) is 10.5 Å². The van der Waals surface area contributed by atoms with Crippen LogP contribution in [0.25, 0.3) is 66.5 Å². The summed E-state index contributed by atoms with van der Waals surface area (Å²) >= 11 is 0. The van der Waals surface area contributed by atoms with Crippen LogP contribution in [0.15, 0.2) is 103 Å². The molecule has 1 saturated heterocycles. The summed E-state index contributed by atoms with van der Waals surface area (Å²) in [4.78, 5) is 14.9. The molecule has 5 aromatic carbocycles. The van der Waals surface area contributed by atoms with Gasteiger partial charge in [-0.1, -0.05) is 66.7 Å². The highest BCUT2D eigenvalue weighted by atomic mass is 19.4. The lowest BCUT2D eigenvalue weighted by Crippen LogP contribution is -2.41. The standard InChI is InChI=1S/C42H29BF3N5O2/c1-40(2)41(3,4)53-43(52-40)29-9-7-8-28(20-29)36-35-31(42(44,45)46)21-33-39(34(35)30-10-5-6-11-32(30)49-36)51-38(27-18-14-25(23-48)15-19-27)37(50-33)26-16-12-24(22-47)13-17-26/h5-21H,1-4H3. The third-order valence-corrected chi connectivity index (χ3v) is 10.2. The largest absolute Gasteiger partial charge is 0.494 e. The molecule has 7 aromatic rings. The van der Waals surface area contributed by atoms with Crippen molar-refractivity contribution in [3.05, 3.63) is 120 Å². The van der Waals surface area contributed by atoms with Crippen LogP contribution in [0.4, 0.5) is 13.2 Å². The van der Waals surface area contributed by atoms with Crippen LogP contribution >= 0.6 is 0 Å². The minimum absolute atomic E-state index is 0.0369. The number of fused-ring (bicyclic) bond motifs is 5. The minimum atomic E-state index is -4.79. The lowest BCUT2D eigenvalue weighted by atomic mass is 9.78. The summed E-state index contributed by atoms with van der Waals surface area (Å²) in [5.74, 6) is 0. The van der Waals surface area contributed by atoms with E-state index in [1.165, 1.54) is 0 Å². The van der Waals surface area contributed by atoms with Crippen molar-refractivity contribution in [3.63, 3.8) is 0 Å². The smallest absolute Gasteiger partial charge is 0.399 e. The van der Waals surface area contributed by atoms with E-state index in [4.69, 9.17) is 24.3 Å². The van der Waals surface area contributed by atoms with Gasteiger partial charge in [-0.3, -0.25) is 0 Å². The molecule has 0 saturated carbocycles. The normalized spacial score (nSPS) is 15.2. The Morgan fingerprint density at radius 1 is 0.604 bits per heavy atom. The molecular formula is C42H29BF3N5O2. The van der Waals surface area contributed by atoms with Crippen molar-refractivity contribution in [3.8, 4) is 45.9 Å². The average molecular weight is 704 g/mol. The number of alkyl halides is 3. The molecule has 11 heteroatoms. The van der Waals surface area contributed by atoms with Crippen molar-refractivity contribution >= 4 is 45.3 Å². The van der Waals surface area contributed by atoms with Crippen molar-refractivity contribution in [2.75, 3.05) is 0 Å². The maximum Gasteiger partial charge on any atom is 0.494 e. The van der Waals surface area contributed by atoms with Crippen LogP contribution in [0.2, 0.25) is 0 Å². The van der Waals surface area contributed by atoms with E-state index in [1.807, 2.05) is 33.8 Å². The van der Waals surface area contributed by atoms with Crippen LogP contribution in [-0.4, -0.2) is 33.3 Å². The Hall–Kier alpha value is -6.14. The van der Waals surface area contributed by atoms with Crippen molar-refractivity contribution in [2.24, 2.45) is 0 Å². The van der Waals surface area contributed by atoms with E-state index in [1.54, 1.807) is 91.0 Å². The first-order chi connectivity index (χ1) is 25.3. The summed E-state index contributed by atoms with van der Waals surface area (Å²) in [6.45, 7) is 7.76. The summed E-state index contributed by atoms with van der Waals surface area (Å²) in [7, 11) is -0.740. The Labute approximate surface area is 303 Å². The van der Waals surface area contributed by atoms with Crippen LogP contribution in [0.3, 0.4) is 0 Å². The quantitative estimate of drug-likeness (QED) is 0.133. The lowest BCUT2D eigenvalue weighted by molar-refractivity contribution is -0.136. The van der Waals surface area contributed by atoms with Crippen molar-refractivity contribution in [1.29, 1.82) is 10.5 Å². The molecule has 0 atom stereocenters. The molecule has 1 aliphatic heterocycles. The highest BCUT2D eigenvalue weighted by Crippen LogP contribution is 2.45. The zero-order valence-electron chi connectivity index (χ0n) is 29.1. The third kappa shape index (κ3) is 5.75. The van der Waals surface area contributed by atoms with Gasteiger partial charge < -0.3 is 9.31 Å². The van der Waals surface area contributed by atoms with Gasteiger partial charge in [0.15, 0.2) is 0 Å². The second-order valence-electron chi connectivity index (χ2n) is 14.0. The molecule has 0 unspecified atom stereocenters. The predicted molar refractivity (Wildman–Crippen MR) is 199 cm³/mol. The molecule has 1 aliphatic rings. The van der Waals surface area contributed by atoms with E-state index >= 15 is 13.2 Å². The fourth-order valence-electron chi connectivity index (χ4n) is 6.71. The molecule has 0 spiro atoms. The summed E-state index contributed by atoms with van der Waals surface area (Å²) in [6, 6.07) is 32.8. The number of hydrogen-bond acceptors (Lipinski definition) is 7. The van der Waals surface area contributed by atoms with Crippen LogP contribution in [0, 0.1) is 22.7 Å². The van der Waals surface area contributed by atoms with Crippen molar-refractivity contribution in [2.45, 2.75) is 45.1 Å². The highest BCUT2D eigenvalue weighted by Gasteiger charge is 2.51. The van der Waals surface area contributed by atoms with Gasteiger partial charge in [0.2, 0.25) is 0 Å². The molecule has 2 aromatic heterocycles. The Kier molecular flexibility index (Phi) is 7.84. The number of hydrogen-bond donors (Lipinski definition) is 0. The molecule has 53 heavy (non-hydrogen) atoms. The highest BCUT2D eigenvalue weighted by molar-refractivity contribution is 6.62. The maximum atomic E-state index is 15.4. The molecule has 0 bridgehead atoms. The molecule has 0 aliphatic carbocycles. The molecule has 0 amide bonds. The van der Waals surface area contributed by atoms with Gasteiger partial charge >= 0.3 is 13.3 Å². The van der Waals surface area contributed by atoms with Gasteiger partial charge in [-0.05, 0) is 69.6 Å². The molecule has 1 fully saturated rings. The summed E-state index contributed by atoms with van der Waals surface area (Å²) in [5, 5.41) is 19.5. The molecule has 258 valence electrons. The third-order valence-electron chi connectivity index (χ3n) is 10.2. The first-order valence-corrected chi connectivity index (χ1v) is 16.9. The molecule has 8 rings (SSSR count). The number of nitriles is 2. The average Bonchev–Trinajstić information content (AvgIpc) is 3.38. The molecular weight excluding hydrogens is 674 g/mol. The minimum Gasteiger partial charge on any atom is -0.399 e. The zero-order valence-corrected chi connectivity index (χ0v) is 29.1. The van der Waals surface area contributed by atoms with Crippen LogP contribution in [0.5, 0.6) is 0 Å². The Morgan fingerprint density at radius 2 is 1.17 bits per heavy atom. The number of halogens is 3. The first-order valence-electron chi connectivity index (χ1n) is 16.9. The van der Waals surface area contributed by atoms with Gasteiger partial charge in [-0.25, -0.2) is 15.0 Å². The van der Waals surface area contributed by atoms with Crippen molar-refractivity contribution in [1.82, 2.24) is 15.0 Å². The Balaban J connectivity index is 1.47. The van der Waals surface area contributed by atoms with Gasteiger partial charge in [0.1, 0.15) is 0 Å². The first kappa shape index (κ1) is 34.0. The second kappa shape index (κ2) is 12.2. The maximum absolute atomic E-state index is 15.4. The fourth-order valence-corrected chi connectivity index (χ4v) is 6.71. The SMILES string of the molecule is CC1(C)OB(c2cccc(-c3nc4ccccc4c4c3c(C(F)(F)F)cc3nc(-c5ccc(C#N)cc5)c(-c5ccc(C#N)cc5)nc34)c2)OC1(C)C. The summed E-state index contributed by atoms with van der Waals surface area (Å²) in [5.41, 5.74) is 2.62. The monoisotopic (exact) mass is 703 g/mol. The van der Waals surface area contributed by atoms with E-state index < -0.39 is 30.1 Å². The Morgan fingerprint density at radius 3 is 1.75 bits per heavy atom. The Bertz CT molecular complexity index is 2680. The van der Waals surface area contributed by atoms with Crippen LogP contribution < -0.4 is 5.46 Å². The number of pyridine rings is 1. The van der Waals surface area contributed by atoms with E-state index in [2.05, 4.69) is 12.1 Å². The fraction of sp³-hybridized carbons (Fsp3) is 0.167. The van der Waals surface area contributed by atoms with E-state index in [0.717, 1.165) is 6.07 Å². The topological polar surface area (TPSA) is 105 Å². The van der Waals surface area contributed by atoms with Gasteiger partial charge in [0, 0.05) is 32.8 Å². The van der Waals surface area contributed by atoms with Gasteiger partial charge in [-0.15, -0.1) is 0 Å². The van der Waals surface area contributed by atoms with Crippen LogP contribution in [0.1, 0.15) is 44.4 Å². The molecule has 0 radical (unpaired) electrons. The number of aromatic nitrogens is 3. The van der Waals surface area contributed by atoms with Gasteiger partial charge in [-0.2, -0.15) is 23.7 Å². The number of para-hydroxylation sites is 1. The van der Waals surface area contributed by atoms with Crippen LogP contribution in [-0.2, 0) is 15.5 Å². The molecule has 0 N–H and O–H groups in total. The second-order valence-corrected chi connectivity index (χ2v) is 14.0. The molecule has 7 nitrogen and oxygen atoms in total. The summed E-state index contributed by atoms with van der Waals surface area (Å²) < 4.78 is 58.7. The van der Waals surface area contributed by atoms with Gasteiger partial charge in [0.25, 0.3) is 0 Å². The number of rotatable bonds is 4. The number of nitrogens with zero attached hydrogens (tertiary/aromatic N) is 5. The van der Waals surface area contributed by atoms with Crippen molar-refractivity contribution < 1.29 is 22.5 Å². The zero-order chi connectivity index (χ0) is 37.3. The predicted octanol–water partition coefficient (Wildman–Crippen LogP) is 9.39. The van der Waals surface area contributed by atoms with E-state index in [-0.39, 0.29) is 27.5 Å². The van der Waals surface area contributed by atoms with Gasteiger partial charge in [0.05, 0.1) is 73.7 Å². The lowest BCUT2D eigenvalue weighted by Gasteiger charge is -2.32. The summed E-state index contributed by atoms with van der Waals surface area (Å²) in [6.07, 6.45) is -4.79. The molecule has 3 heterocycles.